The number of halogens is 4. The van der Waals surface area contributed by atoms with Gasteiger partial charge in [-0.3, -0.25) is 4.98 Å². The summed E-state index contributed by atoms with van der Waals surface area (Å²) in [4.78, 5) is 4.29. The Balaban J connectivity index is 1.58. The smallest absolute Gasteiger partial charge is 0.201 e. The minimum atomic E-state index is -1.01. The van der Waals surface area contributed by atoms with Gasteiger partial charge in [0.05, 0.1) is 6.61 Å². The van der Waals surface area contributed by atoms with E-state index in [-0.39, 0.29) is 28.9 Å². The molecule has 0 bridgehead atoms. The maximum atomic E-state index is 14.7. The lowest BCUT2D eigenvalue weighted by molar-refractivity contribution is 0.285. The van der Waals surface area contributed by atoms with Crippen molar-refractivity contribution < 1.29 is 22.3 Å². The molecule has 34 heavy (non-hydrogen) atoms. The third kappa shape index (κ3) is 6.58. The molecule has 0 saturated heterocycles. The van der Waals surface area contributed by atoms with Crippen LogP contribution in [0.5, 0.6) is 5.75 Å². The van der Waals surface area contributed by atoms with E-state index < -0.39 is 23.3 Å². The van der Waals surface area contributed by atoms with Gasteiger partial charge in [0.1, 0.15) is 0 Å². The molecule has 0 spiro atoms. The van der Waals surface area contributed by atoms with Gasteiger partial charge in [-0.25, -0.2) is 13.2 Å². The van der Waals surface area contributed by atoms with Crippen LogP contribution in [0.1, 0.15) is 62.3 Å². The minimum absolute atomic E-state index is 0.0910. The van der Waals surface area contributed by atoms with Crippen LogP contribution >= 0.6 is 0 Å². The molecule has 2 aromatic carbocycles. The molecule has 182 valence electrons. The highest BCUT2D eigenvalue weighted by atomic mass is 19.2. The Morgan fingerprint density at radius 2 is 1.50 bits per heavy atom. The first-order chi connectivity index (χ1) is 16.4. The molecule has 0 aliphatic heterocycles. The topological polar surface area (TPSA) is 22.1 Å². The Bertz CT molecular complexity index is 1080. The molecule has 0 aliphatic carbocycles. The predicted octanol–water partition coefficient (Wildman–Crippen LogP) is 8.14. The number of hydrogen-bond donors (Lipinski definition) is 0. The lowest BCUT2D eigenvalue weighted by Gasteiger charge is -2.11. The zero-order valence-electron chi connectivity index (χ0n) is 19.8. The van der Waals surface area contributed by atoms with Crippen LogP contribution in [0.2, 0.25) is 0 Å². The van der Waals surface area contributed by atoms with Crippen LogP contribution in [-0.4, -0.2) is 11.6 Å². The highest BCUT2D eigenvalue weighted by molar-refractivity contribution is 5.64. The molecule has 0 saturated carbocycles. The molecule has 0 radical (unpaired) electrons. The van der Waals surface area contributed by atoms with Gasteiger partial charge in [0.25, 0.3) is 0 Å². The van der Waals surface area contributed by atoms with E-state index in [1.54, 1.807) is 24.3 Å². The second-order valence-corrected chi connectivity index (χ2v) is 8.56. The summed E-state index contributed by atoms with van der Waals surface area (Å²) in [7, 11) is 0. The average Bonchev–Trinajstić information content (AvgIpc) is 2.84. The molecule has 1 heterocycles. The lowest BCUT2D eigenvalue weighted by Crippen LogP contribution is -2.02. The van der Waals surface area contributed by atoms with Crippen molar-refractivity contribution in [3.63, 3.8) is 0 Å². The normalized spacial score (nSPS) is 11.1. The number of benzene rings is 2. The number of aromatic nitrogens is 1. The summed E-state index contributed by atoms with van der Waals surface area (Å²) >= 11 is 0. The third-order valence-electron chi connectivity index (χ3n) is 5.94. The largest absolute Gasteiger partial charge is 0.490 e. The number of ether oxygens (including phenoxy) is 1. The fraction of sp³-hybridized carbons (Fsp3) is 0.393. The number of pyridine rings is 1. The maximum absolute atomic E-state index is 14.7. The van der Waals surface area contributed by atoms with Crippen molar-refractivity contribution in [3.8, 4) is 16.9 Å². The molecule has 2 nitrogen and oxygen atoms in total. The van der Waals surface area contributed by atoms with Gasteiger partial charge in [0, 0.05) is 23.0 Å². The van der Waals surface area contributed by atoms with E-state index in [4.69, 9.17) is 4.74 Å². The molecule has 0 amide bonds. The van der Waals surface area contributed by atoms with E-state index in [1.807, 2.05) is 0 Å². The number of hydrogen-bond acceptors (Lipinski definition) is 2. The van der Waals surface area contributed by atoms with Crippen molar-refractivity contribution in [1.29, 1.82) is 0 Å². The summed E-state index contributed by atoms with van der Waals surface area (Å²) in [6.45, 7) is 4.02. The highest BCUT2D eigenvalue weighted by Gasteiger charge is 2.16. The Morgan fingerprint density at radius 1 is 0.735 bits per heavy atom. The monoisotopic (exact) mass is 473 g/mol. The van der Waals surface area contributed by atoms with Crippen LogP contribution in [-0.2, 0) is 12.8 Å². The summed E-state index contributed by atoms with van der Waals surface area (Å²) in [5, 5.41) is 0. The van der Waals surface area contributed by atoms with E-state index in [9.17, 15) is 17.6 Å². The van der Waals surface area contributed by atoms with Crippen LogP contribution in [0.25, 0.3) is 11.1 Å². The fourth-order valence-corrected chi connectivity index (χ4v) is 3.80. The standard InChI is InChI=1S/C28H31F4NO/c1-3-4-5-6-7-8-17-34-24-16-15-23(27(31)28(24)32)21-12-14-22(33-18-21)13-11-20-10-9-19(2)25(29)26(20)30/h9-10,12,14-16,18H,3-8,11,13,17H2,1-2H3. The van der Waals surface area contributed by atoms with Crippen molar-refractivity contribution in [3.05, 3.63) is 82.7 Å². The van der Waals surface area contributed by atoms with E-state index in [0.717, 1.165) is 19.3 Å². The van der Waals surface area contributed by atoms with Crippen LogP contribution in [0, 0.1) is 30.2 Å². The summed E-state index contributed by atoms with van der Waals surface area (Å²) in [6, 6.07) is 9.35. The predicted molar refractivity (Wildman–Crippen MR) is 127 cm³/mol. The SMILES string of the molecule is CCCCCCCCOc1ccc(-c2ccc(CCc3ccc(C)c(F)c3F)nc2)c(F)c1F. The molecular weight excluding hydrogens is 442 g/mol. The van der Waals surface area contributed by atoms with Gasteiger partial charge in [-0.15, -0.1) is 0 Å². The molecule has 1 aromatic heterocycles. The molecule has 0 aliphatic rings. The van der Waals surface area contributed by atoms with E-state index >= 15 is 0 Å². The van der Waals surface area contributed by atoms with Crippen molar-refractivity contribution in [2.45, 2.75) is 65.2 Å². The van der Waals surface area contributed by atoms with Gasteiger partial charge in [-0.2, -0.15) is 4.39 Å². The van der Waals surface area contributed by atoms with Gasteiger partial charge in [0.15, 0.2) is 23.2 Å². The first-order valence-electron chi connectivity index (χ1n) is 11.9. The van der Waals surface area contributed by atoms with Crippen molar-refractivity contribution in [1.82, 2.24) is 4.98 Å². The van der Waals surface area contributed by atoms with Gasteiger partial charge < -0.3 is 4.74 Å². The van der Waals surface area contributed by atoms with Crippen LogP contribution < -0.4 is 4.74 Å². The van der Waals surface area contributed by atoms with Crippen LogP contribution in [0.3, 0.4) is 0 Å². The maximum Gasteiger partial charge on any atom is 0.201 e. The second-order valence-electron chi connectivity index (χ2n) is 8.56. The van der Waals surface area contributed by atoms with Crippen molar-refractivity contribution >= 4 is 0 Å². The summed E-state index contributed by atoms with van der Waals surface area (Å²) in [6.07, 6.45) is 8.63. The van der Waals surface area contributed by atoms with Gasteiger partial charge in [-0.05, 0) is 55.5 Å². The second kappa shape index (κ2) is 12.5. The molecule has 0 N–H and O–H groups in total. The fourth-order valence-electron chi connectivity index (χ4n) is 3.80. The zero-order valence-corrected chi connectivity index (χ0v) is 19.8. The Hall–Kier alpha value is -2.89. The highest BCUT2D eigenvalue weighted by Crippen LogP contribution is 2.30. The van der Waals surface area contributed by atoms with E-state index in [1.165, 1.54) is 44.5 Å². The summed E-state index contributed by atoms with van der Waals surface area (Å²) in [5.74, 6) is -3.76. The first kappa shape index (κ1) is 25.7. The number of rotatable bonds is 12. The Kier molecular flexibility index (Phi) is 9.49. The molecule has 3 rings (SSSR count). The van der Waals surface area contributed by atoms with Crippen LogP contribution in [0.15, 0.2) is 42.6 Å². The molecule has 0 unspecified atom stereocenters. The molecule has 6 heteroatoms. The Morgan fingerprint density at radius 3 is 2.24 bits per heavy atom. The average molecular weight is 474 g/mol. The van der Waals surface area contributed by atoms with E-state index in [2.05, 4.69) is 11.9 Å². The molecule has 0 fully saturated rings. The quantitative estimate of drug-likeness (QED) is 0.196. The minimum Gasteiger partial charge on any atom is -0.490 e. The molecular formula is C28H31F4NO. The summed E-state index contributed by atoms with van der Waals surface area (Å²) in [5.41, 5.74) is 1.70. The van der Waals surface area contributed by atoms with Crippen molar-refractivity contribution in [2.75, 3.05) is 6.61 Å². The zero-order chi connectivity index (χ0) is 24.5. The number of aryl methyl sites for hydroxylation is 3. The van der Waals surface area contributed by atoms with E-state index in [0.29, 0.717) is 24.3 Å². The number of unbranched alkanes of at least 4 members (excludes halogenated alkanes) is 5. The Labute approximate surface area is 199 Å². The van der Waals surface area contributed by atoms with Crippen molar-refractivity contribution in [2.24, 2.45) is 0 Å². The molecule has 0 atom stereocenters. The first-order valence-corrected chi connectivity index (χ1v) is 11.9. The van der Waals surface area contributed by atoms with Gasteiger partial charge in [0.2, 0.25) is 5.82 Å². The number of nitrogens with zero attached hydrogens (tertiary/aromatic N) is 1. The molecule has 3 aromatic rings. The summed E-state index contributed by atoms with van der Waals surface area (Å²) < 4.78 is 62.4. The van der Waals surface area contributed by atoms with Gasteiger partial charge in [-0.1, -0.05) is 57.2 Å². The van der Waals surface area contributed by atoms with Crippen LogP contribution in [0.4, 0.5) is 17.6 Å². The van der Waals surface area contributed by atoms with Gasteiger partial charge >= 0.3 is 0 Å². The third-order valence-corrected chi connectivity index (χ3v) is 5.94. The lowest BCUT2D eigenvalue weighted by atomic mass is 10.0.